The average Bonchev–Trinajstić information content (AvgIpc) is 0.762. The summed E-state index contributed by atoms with van der Waals surface area (Å²) in [6.45, 7) is 98.4. The number of benzene rings is 8. The SMILES string of the molecule is CC(C)c1cccc(C(C)C)c1[N-][SiH](C)C.CC(C)c1cccc(C(C)C)c1[N-][SiH](C)C.CC(C)c1cccc(C(C)C)c1[N-][SiH](C)C.CC(C)c1cccc(C(C)C)c1[N-][SiH](C)C.CC(C)c1cccc(C(C)C)c1[N-][Si](C)(C)O[C@@H](C)c1ccccc1.CC(C)c1cccc(C(C)C)c1[N-][Si](C)(C)O[C@@H](C)c1ccccc1.CCCCC.CCCCC.CCCCC.[Y+3].[Y+3]. The van der Waals surface area contributed by atoms with Gasteiger partial charge in [-0.15, -0.1) is 34.1 Å². The van der Waals surface area contributed by atoms with Crippen molar-refractivity contribution < 1.29 is 74.3 Å². The van der Waals surface area contributed by atoms with Gasteiger partial charge in [-0.1, -0.05) is 617 Å². The van der Waals surface area contributed by atoms with E-state index in [1.165, 1.54) is 158 Å². The van der Waals surface area contributed by atoms with Gasteiger partial charge < -0.3 is 38.7 Å². The van der Waals surface area contributed by atoms with Crippen LogP contribution in [0.25, 0.3) is 29.9 Å². The number of rotatable bonds is 36. The van der Waals surface area contributed by atoms with Gasteiger partial charge in [0, 0.05) is 0 Å². The first-order valence-corrected chi connectivity index (χ1v) is 67.9. The number of hydrogen-bond acceptors (Lipinski definition) is 2. The van der Waals surface area contributed by atoms with Crippen LogP contribution in [0.4, 0.5) is 34.1 Å². The van der Waals surface area contributed by atoms with Gasteiger partial charge >= 0.3 is 65.4 Å². The Kier molecular flexibility index (Phi) is 70.6. The van der Waals surface area contributed by atoms with E-state index in [0.29, 0.717) is 71.0 Å². The first-order chi connectivity index (χ1) is 60.4. The Labute approximate surface area is 871 Å². The van der Waals surface area contributed by atoms with E-state index in [2.05, 4.69) is 458 Å². The van der Waals surface area contributed by atoms with E-state index < -0.39 is 52.8 Å². The standard InChI is InChI=1S/2C22H32NOSi.4C14H24NSi.3C5H12.2Y/c2*1-16(2)20-14-11-15-21(17(3)4)22(20)23-25(6,7)24-18(5)19-12-9-8-10-13-19;4*1-10(2)12-8-7-9-13(11(3)4)14(12)15-16(5)6;3*1-3-5-4-2;;/h2*8-18H,1-7H3;4*7-11,16H,1-6H3;3*3-5H2,1-2H3;;/q6*-1;;;;2*+3/t2*18-;;;;;;;;;/m00........./s1. The number of para-hydroxylation sites is 4. The molecule has 8 aromatic rings. The Morgan fingerprint density at radius 2 is 0.351 bits per heavy atom. The van der Waals surface area contributed by atoms with Crippen molar-refractivity contribution in [2.75, 3.05) is 0 Å². The largest absolute Gasteiger partial charge is 3.00 e. The number of unbranched alkanes of at least 4 members (excludes halogenated alkanes) is 6. The van der Waals surface area contributed by atoms with Crippen LogP contribution >= 0.6 is 0 Å². The van der Waals surface area contributed by atoms with Crippen molar-refractivity contribution in [1.82, 2.24) is 0 Å². The fourth-order valence-corrected chi connectivity index (χ4v) is 22.0. The molecule has 0 aliphatic rings. The molecule has 0 saturated heterocycles. The summed E-state index contributed by atoms with van der Waals surface area (Å²) in [7, 11) is -8.08. The monoisotopic (exact) mass is 2040 g/mol. The van der Waals surface area contributed by atoms with Gasteiger partial charge in [0.15, 0.2) is 0 Å². The maximum Gasteiger partial charge on any atom is 3.00 e. The maximum absolute atomic E-state index is 6.47. The summed E-state index contributed by atoms with van der Waals surface area (Å²) in [6, 6.07) is 60.5. The third-order valence-corrected chi connectivity index (χ3v) is 28.4. The van der Waals surface area contributed by atoms with Crippen molar-refractivity contribution in [3.63, 3.8) is 0 Å². The Balaban J connectivity index is -0.00000146. The summed E-state index contributed by atoms with van der Waals surface area (Å²) in [4.78, 5) is 30.2. The molecule has 0 aromatic heterocycles. The minimum atomic E-state index is -2.22. The van der Waals surface area contributed by atoms with Crippen LogP contribution in [0.3, 0.4) is 0 Å². The van der Waals surface area contributed by atoms with Crippen LogP contribution in [-0.2, 0) is 74.3 Å². The summed E-state index contributed by atoms with van der Waals surface area (Å²) in [5, 5.41) is 0. The summed E-state index contributed by atoms with van der Waals surface area (Å²) >= 11 is 0. The second-order valence-electron chi connectivity index (χ2n) is 41.0. The molecule has 0 heterocycles. The van der Waals surface area contributed by atoms with Crippen LogP contribution in [0.1, 0.15) is 440 Å². The third-order valence-electron chi connectivity index (χ3n) is 22.0. The van der Waals surface area contributed by atoms with Gasteiger partial charge in [0.25, 0.3) is 0 Å². The Bertz CT molecular complexity index is 3660. The molecular weight excluding hydrogens is 1840 g/mol. The van der Waals surface area contributed by atoms with Crippen LogP contribution in [0, 0.1) is 0 Å². The minimum absolute atomic E-state index is 0. The van der Waals surface area contributed by atoms with Crippen molar-refractivity contribution in [3.05, 3.63) is 278 Å². The fourth-order valence-electron chi connectivity index (χ4n) is 15.1. The molecule has 8 nitrogen and oxygen atoms in total. The van der Waals surface area contributed by atoms with Crippen molar-refractivity contribution in [3.8, 4) is 0 Å². The normalized spacial score (nSPS) is 11.7. The third kappa shape index (κ3) is 51.5. The smallest absolute Gasteiger partial charge is 0.689 e. The quantitative estimate of drug-likeness (QED) is 0.0365. The molecule has 0 spiro atoms. The molecule has 131 heavy (non-hydrogen) atoms. The number of hydrogen-bond donors (Lipinski definition) is 0. The van der Waals surface area contributed by atoms with Gasteiger partial charge in [0.1, 0.15) is 17.0 Å². The minimum Gasteiger partial charge on any atom is -0.689 e. The van der Waals surface area contributed by atoms with Gasteiger partial charge in [-0.05, 0) is 96.0 Å². The first-order valence-electron chi connectivity index (χ1n) is 50.9. The second kappa shape index (κ2) is 70.6. The summed E-state index contributed by atoms with van der Waals surface area (Å²) in [5.74, 6) is 6.29. The molecule has 0 aliphatic carbocycles. The molecule has 16 heteroatoms. The molecule has 0 bridgehead atoms. The molecular formula is C115H196N6O2Si6Y2. The van der Waals surface area contributed by atoms with Crippen LogP contribution in [0.5, 0.6) is 0 Å². The van der Waals surface area contributed by atoms with E-state index in [1.54, 1.807) is 0 Å². The summed E-state index contributed by atoms with van der Waals surface area (Å²) in [6.07, 6.45) is 12.3. The molecule has 8 rings (SSSR count). The molecule has 8 aromatic carbocycles. The summed E-state index contributed by atoms with van der Waals surface area (Å²) in [5.41, 5.74) is 26.4. The van der Waals surface area contributed by atoms with E-state index >= 15 is 0 Å². The molecule has 0 fully saturated rings. The van der Waals surface area contributed by atoms with Gasteiger partial charge in [0.2, 0.25) is 0 Å². The van der Waals surface area contributed by atoms with E-state index in [0.717, 1.165) is 11.4 Å². The Morgan fingerprint density at radius 3 is 0.466 bits per heavy atom. The van der Waals surface area contributed by atoms with E-state index in [4.69, 9.17) is 38.7 Å². The molecule has 2 atom stereocenters. The topological polar surface area (TPSA) is 103 Å². The zero-order valence-corrected chi connectivity index (χ0v) is 105. The molecule has 0 unspecified atom stereocenters. The molecule has 0 radical (unpaired) electrons. The van der Waals surface area contributed by atoms with Crippen LogP contribution in [0.15, 0.2) is 170 Å². The second-order valence-corrected chi connectivity index (χ2v) is 57.5. The van der Waals surface area contributed by atoms with Gasteiger partial charge in [0.05, 0.1) is 12.2 Å². The first kappa shape index (κ1) is 131. The predicted molar refractivity (Wildman–Crippen MR) is 604 cm³/mol. The van der Waals surface area contributed by atoms with E-state index in [9.17, 15) is 0 Å². The molecule has 0 saturated carbocycles. The zero-order valence-electron chi connectivity index (χ0n) is 92.6. The Hall–Kier alpha value is -4.01. The van der Waals surface area contributed by atoms with Gasteiger partial charge in [-0.2, -0.15) is 0 Å². The average molecular weight is 2040 g/mol. The number of nitrogens with zero attached hydrogens (tertiary/aromatic N) is 6. The zero-order chi connectivity index (χ0) is 98.8. The predicted octanol–water partition coefficient (Wildman–Crippen LogP) is 41.1. The molecule has 0 aliphatic heterocycles. The molecule has 0 N–H and O–H groups in total. The van der Waals surface area contributed by atoms with Crippen molar-refractivity contribution in [1.29, 1.82) is 0 Å². The van der Waals surface area contributed by atoms with Crippen LogP contribution in [-0.4, -0.2) is 52.8 Å². The van der Waals surface area contributed by atoms with E-state index in [-0.39, 0.29) is 77.6 Å². The van der Waals surface area contributed by atoms with Crippen molar-refractivity contribution >= 4 is 86.9 Å². The van der Waals surface area contributed by atoms with Crippen LogP contribution < -0.4 is 0 Å². The fraction of sp³-hybridized carbons (Fsp3) is 0.583. The molecule has 0 amide bonds. The van der Waals surface area contributed by atoms with Gasteiger partial charge in [-0.3, -0.25) is 0 Å². The molecule has 728 valence electrons. The Morgan fingerprint density at radius 1 is 0.214 bits per heavy atom. The van der Waals surface area contributed by atoms with Crippen molar-refractivity contribution in [2.24, 2.45) is 0 Å². The van der Waals surface area contributed by atoms with Gasteiger partial charge in [-0.25, -0.2) is 0 Å². The summed E-state index contributed by atoms with van der Waals surface area (Å²) < 4.78 is 12.9. The van der Waals surface area contributed by atoms with E-state index in [1.807, 2.05) is 12.1 Å². The van der Waals surface area contributed by atoms with Crippen molar-refractivity contribution in [2.45, 2.75) is 441 Å². The van der Waals surface area contributed by atoms with Crippen LogP contribution in [0.2, 0.25) is 78.6 Å². The maximum atomic E-state index is 6.47.